The summed E-state index contributed by atoms with van der Waals surface area (Å²) in [5, 5.41) is 47.5. The molecule has 70 heavy (non-hydrogen) atoms. The third-order valence-electron chi connectivity index (χ3n) is 12.3. The second-order valence-corrected chi connectivity index (χ2v) is 17.1. The number of carboxylic acids is 3. The number of furan rings is 1. The first-order valence-electron chi connectivity index (χ1n) is 21.7. The van der Waals surface area contributed by atoms with Gasteiger partial charge in [-0.05, 0) is 89.5 Å². The average Bonchev–Trinajstić information content (AvgIpc) is 3.82. The lowest BCUT2D eigenvalue weighted by molar-refractivity contribution is -0.111. The summed E-state index contributed by atoms with van der Waals surface area (Å²) in [4.78, 5) is 79.7. The third kappa shape index (κ3) is 8.51. The molecular weight excluding hydrogens is 901 g/mol. The number of hydrogen-bond acceptors (Lipinski definition) is 11. The fourth-order valence-electron chi connectivity index (χ4n) is 8.78. The molecule has 0 radical (unpaired) electrons. The Morgan fingerprint density at radius 1 is 0.714 bits per heavy atom. The minimum Gasteiger partial charge on any atom is -0.508 e. The highest BCUT2D eigenvalue weighted by molar-refractivity contribution is 6.10. The van der Waals surface area contributed by atoms with Crippen LogP contribution in [0, 0.1) is 5.92 Å². The highest BCUT2D eigenvalue weighted by Crippen LogP contribution is 2.47. The van der Waals surface area contributed by atoms with Gasteiger partial charge < -0.3 is 49.5 Å². The van der Waals surface area contributed by atoms with Crippen molar-refractivity contribution in [2.75, 3.05) is 39.6 Å². The van der Waals surface area contributed by atoms with Crippen molar-refractivity contribution in [3.05, 3.63) is 183 Å². The number of fused-ring (bicyclic) bond motifs is 4. The first-order valence-corrected chi connectivity index (χ1v) is 21.7. The molecule has 1 aromatic heterocycles. The van der Waals surface area contributed by atoms with E-state index in [0.717, 1.165) is 17.1 Å². The minimum atomic E-state index is -1.39. The molecule has 0 spiro atoms. The second-order valence-electron chi connectivity index (χ2n) is 17.1. The molecule has 17 heteroatoms. The summed E-state index contributed by atoms with van der Waals surface area (Å²) in [5.41, 5.74) is 3.53. The van der Waals surface area contributed by atoms with Crippen LogP contribution in [0.25, 0.3) is 39.0 Å². The van der Waals surface area contributed by atoms with Gasteiger partial charge in [0.05, 0.1) is 47.3 Å². The van der Waals surface area contributed by atoms with Gasteiger partial charge in [-0.25, -0.2) is 19.0 Å². The summed E-state index contributed by atoms with van der Waals surface area (Å²) in [6.07, 6.45) is 6.18. The molecule has 9 rings (SSSR count). The summed E-state index contributed by atoms with van der Waals surface area (Å²) < 4.78 is 20.4. The Bertz CT molecular complexity index is 3490. The molecule has 3 aliphatic carbocycles. The van der Waals surface area contributed by atoms with Crippen LogP contribution in [0.3, 0.4) is 0 Å². The van der Waals surface area contributed by atoms with Gasteiger partial charge in [-0.15, -0.1) is 0 Å². The molecule has 2 amide bonds. The van der Waals surface area contributed by atoms with E-state index < -0.39 is 47.5 Å². The molecule has 2 unspecified atom stereocenters. The second kappa shape index (κ2) is 18.1. The zero-order chi connectivity index (χ0) is 49.7. The number of aromatic carboxylic acids is 3. The molecule has 0 saturated heterocycles. The van der Waals surface area contributed by atoms with Crippen molar-refractivity contribution >= 4 is 57.7 Å². The number of carbonyl (C=O) groups is 6. The molecule has 352 valence electrons. The lowest BCUT2D eigenvalue weighted by Crippen LogP contribution is -2.34. The Kier molecular flexibility index (Phi) is 11.9. The number of allylic oxidation sites excluding steroid dienone is 3. The lowest BCUT2D eigenvalue weighted by atomic mass is 9.76. The highest BCUT2D eigenvalue weighted by atomic mass is 16.5. The molecule has 2 atom stereocenters. The van der Waals surface area contributed by atoms with Crippen LogP contribution in [0.4, 0.5) is 5.69 Å². The van der Waals surface area contributed by atoms with Crippen molar-refractivity contribution < 1.29 is 62.8 Å². The largest absolute Gasteiger partial charge is 0.508 e. The summed E-state index contributed by atoms with van der Waals surface area (Å²) in [7, 11) is 7.59. The summed E-state index contributed by atoms with van der Waals surface area (Å²) >= 11 is 0. The van der Waals surface area contributed by atoms with Crippen LogP contribution in [-0.4, -0.2) is 96.8 Å². The number of carboxylic acid groups (broad SMARTS) is 3. The molecule has 2 aliphatic heterocycles. The smallest absolute Gasteiger partial charge is 0.336 e. The maximum atomic E-state index is 13.8. The third-order valence-corrected chi connectivity index (χ3v) is 12.3. The van der Waals surface area contributed by atoms with Crippen molar-refractivity contribution in [1.82, 2.24) is 15.2 Å². The zero-order valence-electron chi connectivity index (χ0n) is 37.9. The molecule has 3 aromatic carbocycles. The van der Waals surface area contributed by atoms with Gasteiger partial charge in [0.25, 0.3) is 11.8 Å². The van der Waals surface area contributed by atoms with Crippen LogP contribution >= 0.6 is 0 Å². The molecule has 6 N–H and O–H groups in total. The molecule has 5 aliphatic rings. The van der Waals surface area contributed by atoms with Crippen molar-refractivity contribution in [2.24, 2.45) is 5.92 Å². The molecule has 17 nitrogen and oxygen atoms in total. The summed E-state index contributed by atoms with van der Waals surface area (Å²) in [5.74, 6) is -6.00. The maximum Gasteiger partial charge on any atom is 0.336 e. The Morgan fingerprint density at radius 2 is 1.46 bits per heavy atom. The van der Waals surface area contributed by atoms with Crippen LogP contribution in [0.5, 0.6) is 0 Å². The highest BCUT2D eigenvalue weighted by Gasteiger charge is 2.40. The number of nitrogens with one attached hydrogen (secondary N) is 2. The van der Waals surface area contributed by atoms with E-state index in [4.69, 9.17) is 13.6 Å². The van der Waals surface area contributed by atoms with E-state index in [1.165, 1.54) is 66.8 Å². The Balaban J connectivity index is 0.956. The monoisotopic (exact) mass is 943 g/mol. The molecule has 3 heterocycles. The average molecular weight is 944 g/mol. The summed E-state index contributed by atoms with van der Waals surface area (Å²) in [6.45, 7) is -0.514. The van der Waals surface area contributed by atoms with Crippen molar-refractivity contribution in [3.63, 3.8) is 0 Å². The van der Waals surface area contributed by atoms with E-state index in [1.807, 2.05) is 74.1 Å². The van der Waals surface area contributed by atoms with Crippen molar-refractivity contribution in [2.45, 2.75) is 12.6 Å². The number of ketones is 1. The van der Waals surface area contributed by atoms with Gasteiger partial charge in [0.15, 0.2) is 11.5 Å². The molecule has 0 bridgehead atoms. The number of carbonyl (C=O) groups excluding carboxylic acids is 3. The van der Waals surface area contributed by atoms with Gasteiger partial charge in [-0.1, -0.05) is 18.2 Å². The van der Waals surface area contributed by atoms with Crippen LogP contribution in [0.1, 0.15) is 63.3 Å². The number of benzene rings is 4. The quantitative estimate of drug-likeness (QED) is 0.0565. The number of nitrogens with zero attached hydrogens (tertiary/aromatic N) is 2. The van der Waals surface area contributed by atoms with Crippen molar-refractivity contribution in [1.29, 1.82) is 0 Å². The van der Waals surface area contributed by atoms with Gasteiger partial charge in [-0.2, -0.15) is 0 Å². The van der Waals surface area contributed by atoms with Crippen molar-refractivity contribution in [3.8, 4) is 22.5 Å². The first-order chi connectivity index (χ1) is 33.5. The van der Waals surface area contributed by atoms with Gasteiger partial charge >= 0.3 is 17.9 Å². The summed E-state index contributed by atoms with van der Waals surface area (Å²) in [6, 6.07) is 22.2. The van der Waals surface area contributed by atoms with E-state index in [2.05, 4.69) is 10.6 Å². The Morgan fingerprint density at radius 3 is 2.19 bits per heavy atom. The minimum absolute atomic E-state index is 0.0305. The Hall–Kier alpha value is -9.25. The van der Waals surface area contributed by atoms with Gasteiger partial charge in [0.1, 0.15) is 48.8 Å². The van der Waals surface area contributed by atoms with E-state index in [9.17, 15) is 49.2 Å². The number of aliphatic hydroxyl groups is 1. The number of anilines is 1. The zero-order valence-corrected chi connectivity index (χ0v) is 37.9. The first kappa shape index (κ1) is 45.9. The SMILES string of the molecule is CN(C)c1ccc2c(-c3cc(C(=O)NCc4ccc(C(=O)NCC5=C6OC7C=C(O)C=CC7=C(c7ccc(C(=O)O)cc7C(=O)O)C6C=CC5=O)o4)ccc3C(=O)O)c3ccc(=[N+](C)C)cc-3oc2c1. The fraction of sp³-hybridized carbons (Fsp3) is 0.151. The molecule has 0 fully saturated rings. The van der Waals surface area contributed by atoms with E-state index in [0.29, 0.717) is 44.6 Å². The predicted octanol–water partition coefficient (Wildman–Crippen LogP) is 6.52. The van der Waals surface area contributed by atoms with Gasteiger partial charge in [-0.3, -0.25) is 14.4 Å². The fourth-order valence-corrected chi connectivity index (χ4v) is 8.78. The van der Waals surface area contributed by atoms with Gasteiger partial charge in [0.2, 0.25) is 5.36 Å². The van der Waals surface area contributed by atoms with Crippen LogP contribution in [0.2, 0.25) is 0 Å². The number of aliphatic hydroxyl groups excluding tert-OH is 1. The van der Waals surface area contributed by atoms with E-state index in [1.54, 1.807) is 6.08 Å². The predicted molar refractivity (Wildman–Crippen MR) is 256 cm³/mol. The van der Waals surface area contributed by atoms with Gasteiger partial charge in [0, 0.05) is 65.6 Å². The topological polar surface area (TPSA) is 249 Å². The van der Waals surface area contributed by atoms with E-state index in [-0.39, 0.29) is 69.5 Å². The lowest BCUT2D eigenvalue weighted by Gasteiger charge is -2.37. The molecule has 0 saturated carbocycles. The standard InChI is InChI=1S/C53H42N4O13/c1-56(2)28-7-13-34-43(21-28)69-44-22-29(57(3)4)8-14-35(44)47(34)38-19-26(5-12-33(38)52(64)65)49(60)54-24-31-10-18-42(68-31)50(61)55-25-40-41(59)17-16-37-46(36-15-9-30(58)23-45(36)70-48(37)40)32-11-6-27(51(62)63)20-39(32)53(66)67/h5-23,37,45H,24-25H2,1-4H3,(H5-,54,55,58,60,61,62,63,64,65,66,67)/p+1. The number of hydrogen-bond donors (Lipinski definition) is 6. The number of ether oxygens (including phenoxy) is 1. The maximum absolute atomic E-state index is 13.8. The van der Waals surface area contributed by atoms with Crippen LogP contribution < -0.4 is 25.5 Å². The Labute approximate surface area is 397 Å². The number of rotatable bonds is 12. The van der Waals surface area contributed by atoms with Crippen LogP contribution in [0.15, 0.2) is 147 Å². The number of amides is 2. The molecular formula is C53H43N4O13+. The normalized spacial score (nSPS) is 16.1. The molecule has 4 aromatic rings. The van der Waals surface area contributed by atoms with Crippen LogP contribution in [-0.2, 0) is 16.1 Å². The van der Waals surface area contributed by atoms with E-state index >= 15 is 0 Å².